The van der Waals surface area contributed by atoms with Crippen molar-refractivity contribution in [1.82, 2.24) is 14.9 Å². The van der Waals surface area contributed by atoms with Crippen LogP contribution in [0.3, 0.4) is 0 Å². The highest BCUT2D eigenvalue weighted by molar-refractivity contribution is 5.84. The van der Waals surface area contributed by atoms with Crippen LogP contribution in [0, 0.1) is 12.7 Å². The number of halogens is 1. The van der Waals surface area contributed by atoms with E-state index in [9.17, 15) is 4.39 Å². The molecule has 0 unspecified atom stereocenters. The molecule has 1 N–H and O–H groups in total. The lowest BCUT2D eigenvalue weighted by atomic mass is 9.94. The van der Waals surface area contributed by atoms with Gasteiger partial charge in [-0.1, -0.05) is 49.9 Å². The quantitative estimate of drug-likeness (QED) is 0.230. The lowest BCUT2D eigenvalue weighted by Gasteiger charge is -2.26. The van der Waals surface area contributed by atoms with Gasteiger partial charge in [0.1, 0.15) is 5.82 Å². The van der Waals surface area contributed by atoms with Crippen LogP contribution in [0.25, 0.3) is 16.7 Å². The lowest BCUT2D eigenvalue weighted by molar-refractivity contribution is 0.220. The molecule has 0 spiro atoms. The van der Waals surface area contributed by atoms with Crippen molar-refractivity contribution in [1.29, 1.82) is 0 Å². The molecule has 0 saturated carbocycles. The fraction of sp³-hybridized carbons (Fsp3) is 0.235. The Hall–Kier alpha value is -4.09. The van der Waals surface area contributed by atoms with Crippen molar-refractivity contribution in [3.63, 3.8) is 0 Å². The van der Waals surface area contributed by atoms with Crippen molar-refractivity contribution < 1.29 is 4.39 Å². The number of pyridine rings is 2. The highest BCUT2D eigenvalue weighted by Gasteiger charge is 2.13. The van der Waals surface area contributed by atoms with Gasteiger partial charge in [0.05, 0.1) is 11.9 Å². The van der Waals surface area contributed by atoms with E-state index in [2.05, 4.69) is 64.5 Å². The number of rotatable bonds is 9. The number of nitrogens with one attached hydrogen (secondary N) is 1. The Morgan fingerprint density at radius 1 is 0.923 bits per heavy atom. The number of anilines is 1. The standard InChI is InChI=1S/C34H35FN4/c1-24-11-12-28(30-17-27(20-36-21-30)23-39-15-7-4-8-16-39)19-33(24)25(2)26(3)38-32-14-13-31(37-22-32)18-29-9-5-6-10-34(29)35/h5-6,9-14,17,19-22,38H,2-4,7-8,15-16,18,23H2,1H3. The molecule has 39 heavy (non-hydrogen) atoms. The Balaban J connectivity index is 1.27. The molecular weight excluding hydrogens is 483 g/mol. The first kappa shape index (κ1) is 26.5. The van der Waals surface area contributed by atoms with Gasteiger partial charge in [-0.25, -0.2) is 4.39 Å². The van der Waals surface area contributed by atoms with Crippen molar-refractivity contribution in [2.75, 3.05) is 18.4 Å². The fourth-order valence-corrected chi connectivity index (χ4v) is 5.09. The molecule has 1 saturated heterocycles. The van der Waals surface area contributed by atoms with Gasteiger partial charge < -0.3 is 5.32 Å². The van der Waals surface area contributed by atoms with E-state index in [1.54, 1.807) is 18.3 Å². The third kappa shape index (κ3) is 6.68. The lowest BCUT2D eigenvalue weighted by Crippen LogP contribution is -2.29. The van der Waals surface area contributed by atoms with Gasteiger partial charge in [0, 0.05) is 42.3 Å². The molecule has 1 aliphatic rings. The average molecular weight is 519 g/mol. The van der Waals surface area contributed by atoms with Gasteiger partial charge in [0.25, 0.3) is 0 Å². The second-order valence-electron chi connectivity index (χ2n) is 10.3. The first-order chi connectivity index (χ1) is 19.0. The van der Waals surface area contributed by atoms with Crippen LogP contribution in [0.15, 0.2) is 98.1 Å². The average Bonchev–Trinajstić information content (AvgIpc) is 2.96. The Bertz CT molecular complexity index is 1470. The summed E-state index contributed by atoms with van der Waals surface area (Å²) in [5.74, 6) is -0.215. The number of allylic oxidation sites excluding steroid dienone is 1. The smallest absolute Gasteiger partial charge is 0.126 e. The summed E-state index contributed by atoms with van der Waals surface area (Å²) in [5.41, 5.74) is 9.38. The third-order valence-corrected chi connectivity index (χ3v) is 7.36. The molecule has 2 aromatic heterocycles. The van der Waals surface area contributed by atoms with Gasteiger partial charge in [-0.2, -0.15) is 0 Å². The molecule has 0 bridgehead atoms. The van der Waals surface area contributed by atoms with Gasteiger partial charge in [0.2, 0.25) is 0 Å². The van der Waals surface area contributed by atoms with Crippen molar-refractivity contribution in [3.8, 4) is 11.1 Å². The molecular formula is C34H35FN4. The van der Waals surface area contributed by atoms with Gasteiger partial charge in [0.15, 0.2) is 0 Å². The molecule has 1 aliphatic heterocycles. The van der Waals surface area contributed by atoms with Crippen LogP contribution in [-0.2, 0) is 13.0 Å². The van der Waals surface area contributed by atoms with Gasteiger partial charge in [-0.15, -0.1) is 0 Å². The normalized spacial score (nSPS) is 13.7. The summed E-state index contributed by atoms with van der Waals surface area (Å²) in [7, 11) is 0. The molecule has 5 rings (SSSR count). The van der Waals surface area contributed by atoms with Crippen LogP contribution in [0.5, 0.6) is 0 Å². The Morgan fingerprint density at radius 3 is 2.51 bits per heavy atom. The van der Waals surface area contributed by atoms with Crippen molar-refractivity contribution in [2.24, 2.45) is 0 Å². The SMILES string of the molecule is C=C(Nc1ccc(Cc2ccccc2F)nc1)C(=C)c1cc(-c2cncc(CN3CCCCC3)c2)ccc1C. The predicted octanol–water partition coefficient (Wildman–Crippen LogP) is 7.81. The molecule has 0 aliphatic carbocycles. The zero-order valence-corrected chi connectivity index (χ0v) is 22.6. The highest BCUT2D eigenvalue weighted by Crippen LogP contribution is 2.30. The zero-order valence-electron chi connectivity index (χ0n) is 22.6. The number of benzene rings is 2. The van der Waals surface area contributed by atoms with Crippen LogP contribution >= 0.6 is 0 Å². The molecule has 5 heteroatoms. The first-order valence-electron chi connectivity index (χ1n) is 13.6. The van der Waals surface area contributed by atoms with Crippen LogP contribution in [0.4, 0.5) is 10.1 Å². The number of aromatic nitrogens is 2. The minimum Gasteiger partial charge on any atom is -0.354 e. The van der Waals surface area contributed by atoms with Crippen molar-refractivity contribution >= 4 is 11.3 Å². The molecule has 198 valence electrons. The minimum atomic E-state index is -0.215. The van der Waals surface area contributed by atoms with E-state index in [-0.39, 0.29) is 5.82 Å². The number of likely N-dealkylation sites (tertiary alicyclic amines) is 1. The largest absolute Gasteiger partial charge is 0.354 e. The topological polar surface area (TPSA) is 41.1 Å². The fourth-order valence-electron chi connectivity index (χ4n) is 5.09. The van der Waals surface area contributed by atoms with E-state index in [4.69, 9.17) is 0 Å². The van der Waals surface area contributed by atoms with E-state index in [0.717, 1.165) is 58.8 Å². The number of aryl methyl sites for hydroxylation is 1. The highest BCUT2D eigenvalue weighted by atomic mass is 19.1. The zero-order chi connectivity index (χ0) is 27.2. The number of hydrogen-bond donors (Lipinski definition) is 1. The molecule has 3 heterocycles. The minimum absolute atomic E-state index is 0.215. The van der Waals surface area contributed by atoms with E-state index < -0.39 is 0 Å². The van der Waals surface area contributed by atoms with Gasteiger partial charge >= 0.3 is 0 Å². The maximum atomic E-state index is 14.0. The Morgan fingerprint density at radius 2 is 1.74 bits per heavy atom. The molecule has 0 radical (unpaired) electrons. The summed E-state index contributed by atoms with van der Waals surface area (Å²) in [4.78, 5) is 11.6. The number of hydrogen-bond acceptors (Lipinski definition) is 4. The van der Waals surface area contributed by atoms with Gasteiger partial charge in [-0.05, 0) is 96.6 Å². The number of piperidine rings is 1. The summed E-state index contributed by atoms with van der Waals surface area (Å²) in [6.45, 7) is 14.0. The maximum absolute atomic E-state index is 14.0. The van der Waals surface area contributed by atoms with Crippen molar-refractivity contribution in [3.05, 3.63) is 132 Å². The number of nitrogens with zero attached hydrogens (tertiary/aromatic N) is 3. The van der Waals surface area contributed by atoms with E-state index >= 15 is 0 Å². The second kappa shape index (κ2) is 12.2. The van der Waals surface area contributed by atoms with Crippen molar-refractivity contribution in [2.45, 2.75) is 39.2 Å². The third-order valence-electron chi connectivity index (χ3n) is 7.36. The molecule has 0 amide bonds. The Labute approximate surface area is 231 Å². The molecule has 4 aromatic rings. The monoisotopic (exact) mass is 518 g/mol. The second-order valence-corrected chi connectivity index (χ2v) is 10.3. The molecule has 0 atom stereocenters. The maximum Gasteiger partial charge on any atom is 0.126 e. The summed E-state index contributed by atoms with van der Waals surface area (Å²) < 4.78 is 14.0. The van der Waals surface area contributed by atoms with Crippen LogP contribution in [0.1, 0.15) is 47.2 Å². The molecule has 1 fully saturated rings. The van der Waals surface area contributed by atoms with E-state index in [1.807, 2.05) is 30.6 Å². The van der Waals surface area contributed by atoms with E-state index in [0.29, 0.717) is 17.7 Å². The van der Waals surface area contributed by atoms with Crippen LogP contribution in [0.2, 0.25) is 0 Å². The Kier molecular flexibility index (Phi) is 8.28. The van der Waals surface area contributed by atoms with Gasteiger partial charge in [-0.3, -0.25) is 14.9 Å². The first-order valence-corrected chi connectivity index (χ1v) is 13.6. The summed E-state index contributed by atoms with van der Waals surface area (Å²) in [6, 6.07) is 19.3. The summed E-state index contributed by atoms with van der Waals surface area (Å²) >= 11 is 0. The van der Waals surface area contributed by atoms with Crippen LogP contribution in [-0.4, -0.2) is 28.0 Å². The molecule has 4 nitrogen and oxygen atoms in total. The van der Waals surface area contributed by atoms with E-state index in [1.165, 1.54) is 30.9 Å². The van der Waals surface area contributed by atoms with Crippen LogP contribution < -0.4 is 5.32 Å². The summed E-state index contributed by atoms with van der Waals surface area (Å²) in [6.07, 6.45) is 10.00. The summed E-state index contributed by atoms with van der Waals surface area (Å²) in [5, 5.41) is 3.34. The molecule has 2 aromatic carbocycles. The predicted molar refractivity (Wildman–Crippen MR) is 159 cm³/mol.